The number of hydrogen-bond acceptors (Lipinski definition) is 2. The molecule has 2 aromatic carbocycles. The van der Waals surface area contributed by atoms with E-state index in [0.717, 1.165) is 5.56 Å². The predicted molar refractivity (Wildman–Crippen MR) is 63.6 cm³/mol. The fourth-order valence-electron chi connectivity index (χ4n) is 1.55. The molecule has 2 rings (SSSR count). The molecule has 0 radical (unpaired) electrons. The molecular formula is C14H14O2. The van der Waals surface area contributed by atoms with E-state index in [2.05, 4.69) is 0 Å². The zero-order chi connectivity index (χ0) is 11.4. The van der Waals surface area contributed by atoms with Gasteiger partial charge in [-0.1, -0.05) is 36.4 Å². The Morgan fingerprint density at radius 1 is 1.00 bits per heavy atom. The second kappa shape index (κ2) is 4.71. The van der Waals surface area contributed by atoms with Crippen LogP contribution in [0.1, 0.15) is 18.6 Å². The Balaban J connectivity index is 2.11. The monoisotopic (exact) mass is 214 g/mol. The molecule has 82 valence electrons. The van der Waals surface area contributed by atoms with Crippen LogP contribution in [-0.2, 0) is 0 Å². The first kappa shape index (κ1) is 10.6. The fraction of sp³-hybridized carbons (Fsp3) is 0.143. The molecule has 0 saturated heterocycles. The van der Waals surface area contributed by atoms with E-state index in [1.807, 2.05) is 43.3 Å². The van der Waals surface area contributed by atoms with E-state index in [4.69, 9.17) is 4.74 Å². The summed E-state index contributed by atoms with van der Waals surface area (Å²) < 4.78 is 5.72. The second-order valence-electron chi connectivity index (χ2n) is 3.67. The van der Waals surface area contributed by atoms with Gasteiger partial charge in [0.15, 0.2) is 0 Å². The van der Waals surface area contributed by atoms with Crippen LogP contribution in [0, 0.1) is 0 Å². The van der Waals surface area contributed by atoms with Gasteiger partial charge < -0.3 is 9.84 Å². The van der Waals surface area contributed by atoms with E-state index in [1.54, 1.807) is 18.2 Å². The molecule has 1 N–H and O–H groups in total. The largest absolute Gasteiger partial charge is 0.508 e. The van der Waals surface area contributed by atoms with Gasteiger partial charge in [-0.05, 0) is 24.6 Å². The molecule has 0 aliphatic carbocycles. The lowest BCUT2D eigenvalue weighted by atomic mass is 10.1. The van der Waals surface area contributed by atoms with Crippen molar-refractivity contribution in [3.8, 4) is 11.5 Å². The van der Waals surface area contributed by atoms with Gasteiger partial charge in [0.1, 0.15) is 17.6 Å². The van der Waals surface area contributed by atoms with Gasteiger partial charge in [0.05, 0.1) is 0 Å². The Bertz CT molecular complexity index is 451. The molecular weight excluding hydrogens is 200 g/mol. The van der Waals surface area contributed by atoms with E-state index < -0.39 is 0 Å². The minimum absolute atomic E-state index is 0.0250. The number of rotatable bonds is 3. The smallest absolute Gasteiger partial charge is 0.123 e. The SMILES string of the molecule is CC(Oc1cccc(O)c1)c1ccccc1. The van der Waals surface area contributed by atoms with E-state index in [-0.39, 0.29) is 11.9 Å². The average Bonchev–Trinajstić information content (AvgIpc) is 2.30. The highest BCUT2D eigenvalue weighted by Crippen LogP contribution is 2.24. The van der Waals surface area contributed by atoms with E-state index >= 15 is 0 Å². The molecule has 16 heavy (non-hydrogen) atoms. The first-order valence-corrected chi connectivity index (χ1v) is 5.26. The maximum Gasteiger partial charge on any atom is 0.123 e. The maximum atomic E-state index is 9.32. The van der Waals surface area contributed by atoms with Gasteiger partial charge in [-0.15, -0.1) is 0 Å². The van der Waals surface area contributed by atoms with Crippen molar-refractivity contribution in [2.45, 2.75) is 13.0 Å². The summed E-state index contributed by atoms with van der Waals surface area (Å²) >= 11 is 0. The molecule has 2 heteroatoms. The van der Waals surface area contributed by atoms with Crippen LogP contribution >= 0.6 is 0 Å². The van der Waals surface area contributed by atoms with Gasteiger partial charge in [-0.25, -0.2) is 0 Å². The Hall–Kier alpha value is -1.96. The lowest BCUT2D eigenvalue weighted by molar-refractivity contribution is 0.226. The predicted octanol–water partition coefficient (Wildman–Crippen LogP) is 3.53. The summed E-state index contributed by atoms with van der Waals surface area (Å²) in [5.41, 5.74) is 1.12. The summed E-state index contributed by atoms with van der Waals surface area (Å²) in [4.78, 5) is 0. The van der Waals surface area contributed by atoms with Crippen LogP contribution in [-0.4, -0.2) is 5.11 Å². The lowest BCUT2D eigenvalue weighted by Gasteiger charge is -2.14. The zero-order valence-corrected chi connectivity index (χ0v) is 9.13. The molecule has 0 heterocycles. The molecule has 2 nitrogen and oxygen atoms in total. The van der Waals surface area contributed by atoms with Gasteiger partial charge >= 0.3 is 0 Å². The van der Waals surface area contributed by atoms with Crippen LogP contribution in [0.5, 0.6) is 11.5 Å². The highest BCUT2D eigenvalue weighted by molar-refractivity contribution is 5.32. The Morgan fingerprint density at radius 3 is 2.44 bits per heavy atom. The first-order chi connectivity index (χ1) is 7.75. The van der Waals surface area contributed by atoms with Crippen LogP contribution in [0.3, 0.4) is 0 Å². The topological polar surface area (TPSA) is 29.5 Å². The highest BCUT2D eigenvalue weighted by Gasteiger charge is 2.06. The molecule has 0 fully saturated rings. The van der Waals surface area contributed by atoms with E-state index in [9.17, 15) is 5.11 Å². The van der Waals surface area contributed by atoms with Crippen molar-refractivity contribution in [1.82, 2.24) is 0 Å². The van der Waals surface area contributed by atoms with Crippen molar-refractivity contribution < 1.29 is 9.84 Å². The number of hydrogen-bond donors (Lipinski definition) is 1. The number of benzene rings is 2. The Kier molecular flexibility index (Phi) is 3.10. The van der Waals surface area contributed by atoms with Gasteiger partial charge in [-0.2, -0.15) is 0 Å². The summed E-state index contributed by atoms with van der Waals surface area (Å²) in [5.74, 6) is 0.897. The summed E-state index contributed by atoms with van der Waals surface area (Å²) in [6, 6.07) is 16.8. The van der Waals surface area contributed by atoms with E-state index in [1.165, 1.54) is 0 Å². The minimum atomic E-state index is -0.0250. The van der Waals surface area contributed by atoms with Crippen molar-refractivity contribution >= 4 is 0 Å². The van der Waals surface area contributed by atoms with Crippen LogP contribution in [0.25, 0.3) is 0 Å². The van der Waals surface area contributed by atoms with Crippen LogP contribution in [0.15, 0.2) is 54.6 Å². The molecule has 0 bridgehead atoms. The second-order valence-corrected chi connectivity index (χ2v) is 3.67. The Labute approximate surface area is 95.1 Å². The van der Waals surface area contributed by atoms with Crippen LogP contribution in [0.2, 0.25) is 0 Å². The van der Waals surface area contributed by atoms with Gasteiger partial charge in [-0.3, -0.25) is 0 Å². The average molecular weight is 214 g/mol. The summed E-state index contributed by atoms with van der Waals surface area (Å²) in [7, 11) is 0. The minimum Gasteiger partial charge on any atom is -0.508 e. The number of phenols is 1. The number of ether oxygens (including phenoxy) is 1. The normalized spacial score (nSPS) is 12.1. The van der Waals surface area contributed by atoms with Crippen molar-refractivity contribution in [2.24, 2.45) is 0 Å². The number of phenolic OH excluding ortho intramolecular Hbond substituents is 1. The fourth-order valence-corrected chi connectivity index (χ4v) is 1.55. The number of aromatic hydroxyl groups is 1. The molecule has 0 aromatic heterocycles. The molecule has 2 aromatic rings. The van der Waals surface area contributed by atoms with Gasteiger partial charge in [0, 0.05) is 6.07 Å². The standard InChI is InChI=1S/C14H14O2/c1-11(12-6-3-2-4-7-12)16-14-9-5-8-13(15)10-14/h2-11,15H,1H3. The van der Waals surface area contributed by atoms with Crippen molar-refractivity contribution in [1.29, 1.82) is 0 Å². The molecule has 0 saturated carbocycles. The van der Waals surface area contributed by atoms with E-state index in [0.29, 0.717) is 5.75 Å². The third kappa shape index (κ3) is 2.54. The van der Waals surface area contributed by atoms with Crippen molar-refractivity contribution in [3.05, 3.63) is 60.2 Å². The van der Waals surface area contributed by atoms with Crippen molar-refractivity contribution in [3.63, 3.8) is 0 Å². The van der Waals surface area contributed by atoms with Gasteiger partial charge in [0.2, 0.25) is 0 Å². The van der Waals surface area contributed by atoms with Crippen LogP contribution in [0.4, 0.5) is 0 Å². The zero-order valence-electron chi connectivity index (χ0n) is 9.13. The molecule has 0 spiro atoms. The lowest BCUT2D eigenvalue weighted by Crippen LogP contribution is -2.02. The highest BCUT2D eigenvalue weighted by atomic mass is 16.5. The summed E-state index contributed by atoms with van der Waals surface area (Å²) in [6.07, 6.45) is -0.0250. The molecule has 1 atom stereocenters. The summed E-state index contributed by atoms with van der Waals surface area (Å²) in [5, 5.41) is 9.32. The molecule has 1 unspecified atom stereocenters. The third-order valence-electron chi connectivity index (χ3n) is 2.40. The third-order valence-corrected chi connectivity index (χ3v) is 2.40. The quantitative estimate of drug-likeness (QED) is 0.846. The Morgan fingerprint density at radius 2 is 1.75 bits per heavy atom. The first-order valence-electron chi connectivity index (χ1n) is 5.26. The summed E-state index contributed by atoms with van der Waals surface area (Å²) in [6.45, 7) is 1.99. The van der Waals surface area contributed by atoms with Gasteiger partial charge in [0.25, 0.3) is 0 Å². The maximum absolute atomic E-state index is 9.32. The molecule has 0 aliphatic heterocycles. The molecule has 0 amide bonds. The van der Waals surface area contributed by atoms with Crippen molar-refractivity contribution in [2.75, 3.05) is 0 Å². The molecule has 0 aliphatic rings. The van der Waals surface area contributed by atoms with Crippen LogP contribution < -0.4 is 4.74 Å².